The van der Waals surface area contributed by atoms with E-state index in [1.165, 1.54) is 6.26 Å². The molecule has 2 aromatic rings. The summed E-state index contributed by atoms with van der Waals surface area (Å²) in [5.41, 5.74) is 2.11. The van der Waals surface area contributed by atoms with Gasteiger partial charge in [-0.15, -0.1) is 0 Å². The van der Waals surface area contributed by atoms with Gasteiger partial charge in [-0.3, -0.25) is 0 Å². The third-order valence-corrected chi connectivity index (χ3v) is 4.72. The van der Waals surface area contributed by atoms with Crippen molar-refractivity contribution in [3.63, 3.8) is 0 Å². The number of likely N-dealkylation sites (N-methyl/N-ethyl adjacent to an activating group) is 1. The zero-order valence-electron chi connectivity index (χ0n) is 12.7. The largest absolute Gasteiger partial charge is 0.383 e. The molecule has 0 amide bonds. The highest BCUT2D eigenvalue weighted by Crippen LogP contribution is 2.22. The zero-order chi connectivity index (χ0) is 15.5. The molecule has 0 aliphatic rings. The number of sulfone groups is 1. The third kappa shape index (κ3) is 4.06. The molecule has 0 aliphatic heterocycles. The van der Waals surface area contributed by atoms with Crippen molar-refractivity contribution in [2.24, 2.45) is 0 Å². The Morgan fingerprint density at radius 3 is 2.71 bits per heavy atom. The van der Waals surface area contributed by atoms with Gasteiger partial charge in [-0.05, 0) is 37.2 Å². The number of H-pyrrole nitrogens is 1. The number of benzene rings is 1. The van der Waals surface area contributed by atoms with E-state index in [2.05, 4.69) is 16.9 Å². The minimum Gasteiger partial charge on any atom is -0.383 e. The number of fused-ring (bicyclic) bond motifs is 1. The van der Waals surface area contributed by atoms with Gasteiger partial charge in [0, 0.05) is 43.6 Å². The fourth-order valence-electron chi connectivity index (χ4n) is 2.27. The first kappa shape index (κ1) is 16.0. The topological polar surface area (TPSA) is 62.4 Å². The van der Waals surface area contributed by atoms with E-state index in [4.69, 9.17) is 4.74 Å². The minimum absolute atomic E-state index is 0.364. The van der Waals surface area contributed by atoms with E-state index in [1.807, 2.05) is 12.3 Å². The Bertz CT molecular complexity index is 707. The number of ether oxygens (including phenoxy) is 1. The molecule has 1 heterocycles. The van der Waals surface area contributed by atoms with E-state index in [-0.39, 0.29) is 0 Å². The van der Waals surface area contributed by atoms with Crippen LogP contribution in [0.2, 0.25) is 0 Å². The Hall–Kier alpha value is -1.37. The van der Waals surface area contributed by atoms with Crippen molar-refractivity contribution in [1.82, 2.24) is 9.88 Å². The zero-order valence-corrected chi connectivity index (χ0v) is 13.5. The summed E-state index contributed by atoms with van der Waals surface area (Å²) in [7, 11) is 0.573. The van der Waals surface area contributed by atoms with E-state index in [0.717, 1.165) is 36.0 Å². The lowest BCUT2D eigenvalue weighted by molar-refractivity contribution is 0.162. The molecule has 0 bridgehead atoms. The highest BCUT2D eigenvalue weighted by atomic mass is 32.2. The summed E-state index contributed by atoms with van der Waals surface area (Å²) in [5.74, 6) is 0. The number of aromatic amines is 1. The lowest BCUT2D eigenvalue weighted by atomic mass is 10.1. The molecular formula is C15H22N2O3S. The number of methoxy groups -OCH3 is 1. The fourth-order valence-corrected chi connectivity index (χ4v) is 2.91. The van der Waals surface area contributed by atoms with Crippen molar-refractivity contribution in [1.29, 1.82) is 0 Å². The maximum absolute atomic E-state index is 11.7. The quantitative estimate of drug-likeness (QED) is 0.845. The van der Waals surface area contributed by atoms with Gasteiger partial charge < -0.3 is 14.6 Å². The van der Waals surface area contributed by atoms with Crippen molar-refractivity contribution in [3.05, 3.63) is 30.0 Å². The van der Waals surface area contributed by atoms with E-state index in [9.17, 15) is 8.42 Å². The number of aromatic nitrogens is 1. The van der Waals surface area contributed by atoms with Gasteiger partial charge in [0.05, 0.1) is 11.5 Å². The van der Waals surface area contributed by atoms with Crippen LogP contribution in [0, 0.1) is 0 Å². The van der Waals surface area contributed by atoms with Crippen LogP contribution in [0.25, 0.3) is 10.9 Å². The van der Waals surface area contributed by atoms with Gasteiger partial charge in [-0.25, -0.2) is 8.42 Å². The van der Waals surface area contributed by atoms with Crippen LogP contribution < -0.4 is 0 Å². The molecule has 0 saturated heterocycles. The summed E-state index contributed by atoms with van der Waals surface area (Å²) in [4.78, 5) is 5.76. The number of nitrogens with zero attached hydrogens (tertiary/aromatic N) is 1. The highest BCUT2D eigenvalue weighted by Gasteiger charge is 2.11. The number of hydrogen-bond donors (Lipinski definition) is 1. The first-order valence-corrected chi connectivity index (χ1v) is 8.78. The summed E-state index contributed by atoms with van der Waals surface area (Å²) in [6, 6.07) is 5.22. The van der Waals surface area contributed by atoms with Crippen LogP contribution >= 0.6 is 0 Å². The fraction of sp³-hybridized carbons (Fsp3) is 0.467. The summed E-state index contributed by atoms with van der Waals surface area (Å²) in [6.45, 7) is 2.50. The Morgan fingerprint density at radius 2 is 2.05 bits per heavy atom. The molecule has 2 rings (SSSR count). The molecule has 0 fully saturated rings. The van der Waals surface area contributed by atoms with Gasteiger partial charge in [-0.2, -0.15) is 0 Å². The molecule has 0 saturated carbocycles. The molecule has 1 aromatic heterocycles. The van der Waals surface area contributed by atoms with Crippen LogP contribution in [0.3, 0.4) is 0 Å². The first-order valence-electron chi connectivity index (χ1n) is 6.89. The van der Waals surface area contributed by atoms with Crippen molar-refractivity contribution in [3.8, 4) is 0 Å². The summed E-state index contributed by atoms with van der Waals surface area (Å²) >= 11 is 0. The van der Waals surface area contributed by atoms with Crippen LogP contribution in [0.1, 0.15) is 5.56 Å². The maximum atomic E-state index is 11.7. The SMILES string of the molecule is COCCN(C)CCc1c[nH]c2ccc(S(C)(=O)=O)cc12. The summed E-state index contributed by atoms with van der Waals surface area (Å²) < 4.78 is 28.4. The second-order valence-corrected chi connectivity index (χ2v) is 7.36. The molecule has 0 spiro atoms. The minimum atomic E-state index is -3.17. The van der Waals surface area contributed by atoms with Gasteiger partial charge >= 0.3 is 0 Å². The molecule has 0 radical (unpaired) electrons. The van der Waals surface area contributed by atoms with Crippen molar-refractivity contribution in [2.75, 3.05) is 40.1 Å². The normalized spacial score (nSPS) is 12.4. The highest BCUT2D eigenvalue weighted by molar-refractivity contribution is 7.90. The van der Waals surface area contributed by atoms with Gasteiger partial charge in [-0.1, -0.05) is 0 Å². The molecule has 0 unspecified atom stereocenters. The smallest absolute Gasteiger partial charge is 0.175 e. The summed E-state index contributed by atoms with van der Waals surface area (Å²) in [6.07, 6.45) is 4.06. The predicted octanol–water partition coefficient (Wildman–Crippen LogP) is 1.69. The van der Waals surface area contributed by atoms with Crippen LogP contribution in [-0.2, 0) is 21.0 Å². The molecule has 116 valence electrons. The van der Waals surface area contributed by atoms with Crippen molar-refractivity contribution in [2.45, 2.75) is 11.3 Å². The van der Waals surface area contributed by atoms with Gasteiger partial charge in [0.25, 0.3) is 0 Å². The standard InChI is InChI=1S/C15H22N2O3S/c1-17(8-9-20-2)7-6-12-11-16-15-5-4-13(10-14(12)15)21(3,18)19/h4-5,10-11,16H,6-9H2,1-3H3. The maximum Gasteiger partial charge on any atom is 0.175 e. The molecule has 6 heteroatoms. The van der Waals surface area contributed by atoms with Crippen molar-refractivity contribution < 1.29 is 13.2 Å². The Labute approximate surface area is 125 Å². The monoisotopic (exact) mass is 310 g/mol. The molecular weight excluding hydrogens is 288 g/mol. The molecule has 0 aliphatic carbocycles. The van der Waals surface area contributed by atoms with Crippen LogP contribution in [0.4, 0.5) is 0 Å². The Balaban J connectivity index is 2.17. The van der Waals surface area contributed by atoms with Gasteiger partial charge in [0.2, 0.25) is 0 Å². The first-order chi connectivity index (χ1) is 9.91. The average molecular weight is 310 g/mol. The summed E-state index contributed by atoms with van der Waals surface area (Å²) in [5, 5.41) is 0.984. The van der Waals surface area contributed by atoms with Gasteiger partial charge in [0.15, 0.2) is 9.84 Å². The van der Waals surface area contributed by atoms with Crippen LogP contribution in [0.15, 0.2) is 29.3 Å². The van der Waals surface area contributed by atoms with Crippen LogP contribution in [0.5, 0.6) is 0 Å². The Kier molecular flexibility index (Phi) is 5.03. The number of hydrogen-bond acceptors (Lipinski definition) is 4. The lowest BCUT2D eigenvalue weighted by Crippen LogP contribution is -2.25. The molecule has 21 heavy (non-hydrogen) atoms. The lowest BCUT2D eigenvalue weighted by Gasteiger charge is -2.15. The third-order valence-electron chi connectivity index (χ3n) is 3.61. The van der Waals surface area contributed by atoms with E-state index in [1.54, 1.807) is 19.2 Å². The molecule has 1 aromatic carbocycles. The van der Waals surface area contributed by atoms with Gasteiger partial charge in [0.1, 0.15) is 0 Å². The molecule has 0 atom stereocenters. The average Bonchev–Trinajstić information content (AvgIpc) is 2.84. The number of nitrogens with one attached hydrogen (secondary N) is 1. The molecule has 1 N–H and O–H groups in total. The van der Waals surface area contributed by atoms with Crippen LogP contribution in [-0.4, -0.2) is 58.4 Å². The number of rotatable bonds is 7. The van der Waals surface area contributed by atoms with E-state index >= 15 is 0 Å². The predicted molar refractivity (Wildman–Crippen MR) is 84.5 cm³/mol. The second-order valence-electron chi connectivity index (χ2n) is 5.34. The molecule has 5 nitrogen and oxygen atoms in total. The van der Waals surface area contributed by atoms with Crippen molar-refractivity contribution >= 4 is 20.7 Å². The van der Waals surface area contributed by atoms with E-state index in [0.29, 0.717) is 11.5 Å². The van der Waals surface area contributed by atoms with E-state index < -0.39 is 9.84 Å². The Morgan fingerprint density at radius 1 is 1.29 bits per heavy atom. The second kappa shape index (κ2) is 6.60.